The van der Waals surface area contributed by atoms with E-state index < -0.39 is 0 Å². The van der Waals surface area contributed by atoms with Crippen LogP contribution < -0.4 is 5.73 Å². The van der Waals surface area contributed by atoms with Crippen LogP contribution in [0.25, 0.3) is 11.0 Å². The van der Waals surface area contributed by atoms with Crippen LogP contribution in [-0.4, -0.2) is 9.55 Å². The predicted molar refractivity (Wildman–Crippen MR) is 56.5 cm³/mol. The molecule has 2 aromatic rings. The van der Waals surface area contributed by atoms with Gasteiger partial charge in [0, 0.05) is 19.3 Å². The van der Waals surface area contributed by atoms with Gasteiger partial charge in [0.25, 0.3) is 0 Å². The molecule has 2 rings (SSSR count). The first-order valence-electron chi connectivity index (χ1n) is 4.45. The van der Waals surface area contributed by atoms with Gasteiger partial charge in [-0.15, -0.1) is 0 Å². The first-order valence-corrected chi connectivity index (χ1v) is 4.45. The Labute approximate surface area is 78.2 Å². The van der Waals surface area contributed by atoms with Crippen molar-refractivity contribution < 1.29 is 0 Å². The van der Waals surface area contributed by atoms with E-state index in [2.05, 4.69) is 4.98 Å². The Balaban J connectivity index is 0.000000396. The summed E-state index contributed by atoms with van der Waals surface area (Å²) in [5.41, 5.74) is 7.70. The van der Waals surface area contributed by atoms with Crippen molar-refractivity contribution in [3.8, 4) is 0 Å². The van der Waals surface area contributed by atoms with Crippen LogP contribution in [0.15, 0.2) is 24.4 Å². The standard InChI is InChI=1S/C8H9N3.C2H6/c1-11-7-3-2-4-10-6(7)5-8(11)9;1-2/h2-5H,9H2,1H3;1-2H3. The maximum absolute atomic E-state index is 5.68. The molecule has 0 saturated heterocycles. The fraction of sp³-hybridized carbons (Fsp3) is 0.300. The van der Waals surface area contributed by atoms with Crippen molar-refractivity contribution in [3.63, 3.8) is 0 Å². The molecule has 0 radical (unpaired) electrons. The van der Waals surface area contributed by atoms with E-state index in [0.29, 0.717) is 0 Å². The van der Waals surface area contributed by atoms with Gasteiger partial charge in [-0.2, -0.15) is 0 Å². The second-order valence-electron chi connectivity index (χ2n) is 2.54. The highest BCUT2D eigenvalue weighted by molar-refractivity contribution is 5.80. The van der Waals surface area contributed by atoms with Crippen molar-refractivity contribution >= 4 is 16.9 Å². The lowest BCUT2D eigenvalue weighted by Crippen LogP contribution is -1.94. The molecule has 0 aliphatic heterocycles. The maximum Gasteiger partial charge on any atom is 0.105 e. The number of nitrogen functional groups attached to an aromatic ring is 1. The molecule has 13 heavy (non-hydrogen) atoms. The largest absolute Gasteiger partial charge is 0.385 e. The van der Waals surface area contributed by atoms with E-state index in [4.69, 9.17) is 5.73 Å². The minimum absolute atomic E-state index is 0.749. The van der Waals surface area contributed by atoms with Crippen LogP contribution in [-0.2, 0) is 7.05 Å². The van der Waals surface area contributed by atoms with Crippen molar-refractivity contribution in [1.29, 1.82) is 0 Å². The van der Waals surface area contributed by atoms with Crippen LogP contribution in [0, 0.1) is 0 Å². The number of anilines is 1. The predicted octanol–water partition coefficient (Wildman–Crippen LogP) is 2.18. The lowest BCUT2D eigenvalue weighted by atomic mass is 10.4. The van der Waals surface area contributed by atoms with Crippen LogP contribution in [0.4, 0.5) is 5.82 Å². The summed E-state index contributed by atoms with van der Waals surface area (Å²) in [6.07, 6.45) is 1.77. The Bertz CT molecular complexity index is 390. The van der Waals surface area contributed by atoms with Crippen LogP contribution in [0.2, 0.25) is 0 Å². The number of rotatable bonds is 0. The number of fused-ring (bicyclic) bond motifs is 1. The maximum atomic E-state index is 5.68. The Morgan fingerprint density at radius 2 is 2.08 bits per heavy atom. The molecule has 0 bridgehead atoms. The normalized spacial score (nSPS) is 9.46. The topological polar surface area (TPSA) is 43.8 Å². The molecule has 2 N–H and O–H groups in total. The van der Waals surface area contributed by atoms with Gasteiger partial charge in [0.15, 0.2) is 0 Å². The van der Waals surface area contributed by atoms with Crippen molar-refractivity contribution in [2.24, 2.45) is 7.05 Å². The Hall–Kier alpha value is -1.51. The van der Waals surface area contributed by atoms with Crippen molar-refractivity contribution in [3.05, 3.63) is 24.4 Å². The van der Waals surface area contributed by atoms with Crippen molar-refractivity contribution in [2.45, 2.75) is 13.8 Å². The molecule has 0 aromatic carbocycles. The number of aryl methyl sites for hydroxylation is 1. The highest BCUT2D eigenvalue weighted by atomic mass is 15.0. The third-order valence-corrected chi connectivity index (χ3v) is 1.85. The molecule has 0 fully saturated rings. The first-order chi connectivity index (χ1) is 6.29. The van der Waals surface area contributed by atoms with E-state index in [1.165, 1.54) is 0 Å². The number of pyridine rings is 1. The van der Waals surface area contributed by atoms with E-state index in [0.717, 1.165) is 16.9 Å². The average Bonchev–Trinajstić information content (AvgIpc) is 2.47. The number of nitrogens with two attached hydrogens (primary N) is 1. The molecule has 0 aliphatic rings. The molecule has 0 atom stereocenters. The van der Waals surface area contributed by atoms with E-state index in [-0.39, 0.29) is 0 Å². The number of nitrogens with zero attached hydrogens (tertiary/aromatic N) is 2. The summed E-state index contributed by atoms with van der Waals surface area (Å²) in [7, 11) is 1.93. The van der Waals surface area contributed by atoms with Gasteiger partial charge in [-0.3, -0.25) is 4.98 Å². The third-order valence-electron chi connectivity index (χ3n) is 1.85. The zero-order valence-electron chi connectivity index (χ0n) is 8.28. The van der Waals surface area contributed by atoms with Gasteiger partial charge in [-0.05, 0) is 12.1 Å². The summed E-state index contributed by atoms with van der Waals surface area (Å²) in [4.78, 5) is 4.16. The summed E-state index contributed by atoms with van der Waals surface area (Å²) < 4.78 is 1.92. The van der Waals surface area contributed by atoms with E-state index in [9.17, 15) is 0 Å². The summed E-state index contributed by atoms with van der Waals surface area (Å²) in [6.45, 7) is 4.00. The molecule has 0 unspecified atom stereocenters. The minimum Gasteiger partial charge on any atom is -0.385 e. The number of hydrogen-bond donors (Lipinski definition) is 1. The zero-order valence-corrected chi connectivity index (χ0v) is 8.28. The van der Waals surface area contributed by atoms with E-state index >= 15 is 0 Å². The van der Waals surface area contributed by atoms with Gasteiger partial charge in [0.1, 0.15) is 5.82 Å². The molecule has 0 amide bonds. The molecule has 2 aromatic heterocycles. The molecule has 0 saturated carbocycles. The molecule has 3 heteroatoms. The number of hydrogen-bond acceptors (Lipinski definition) is 2. The van der Waals surface area contributed by atoms with Gasteiger partial charge in [-0.25, -0.2) is 0 Å². The highest BCUT2D eigenvalue weighted by Gasteiger charge is 2.00. The van der Waals surface area contributed by atoms with Crippen LogP contribution >= 0.6 is 0 Å². The molecule has 2 heterocycles. The molecular weight excluding hydrogens is 162 g/mol. The van der Waals surface area contributed by atoms with E-state index in [1.807, 2.05) is 43.7 Å². The summed E-state index contributed by atoms with van der Waals surface area (Å²) in [5, 5.41) is 0. The van der Waals surface area contributed by atoms with Crippen LogP contribution in [0.1, 0.15) is 13.8 Å². The van der Waals surface area contributed by atoms with Gasteiger partial charge in [0.2, 0.25) is 0 Å². The van der Waals surface area contributed by atoms with Gasteiger partial charge in [-0.1, -0.05) is 13.8 Å². The fourth-order valence-corrected chi connectivity index (χ4v) is 1.18. The van der Waals surface area contributed by atoms with Gasteiger partial charge >= 0.3 is 0 Å². The van der Waals surface area contributed by atoms with Crippen molar-refractivity contribution in [1.82, 2.24) is 9.55 Å². The quantitative estimate of drug-likeness (QED) is 0.670. The first kappa shape index (κ1) is 9.58. The SMILES string of the molecule is CC.Cn1c(N)cc2ncccc21. The van der Waals surface area contributed by atoms with Crippen LogP contribution in [0.3, 0.4) is 0 Å². The Morgan fingerprint density at radius 1 is 1.38 bits per heavy atom. The second-order valence-corrected chi connectivity index (χ2v) is 2.54. The number of aromatic nitrogens is 2. The molecule has 0 spiro atoms. The zero-order chi connectivity index (χ0) is 9.84. The fourth-order valence-electron chi connectivity index (χ4n) is 1.18. The van der Waals surface area contributed by atoms with Crippen molar-refractivity contribution in [2.75, 3.05) is 5.73 Å². The lowest BCUT2D eigenvalue weighted by molar-refractivity contribution is 0.982. The summed E-state index contributed by atoms with van der Waals surface area (Å²) in [5.74, 6) is 0.749. The third kappa shape index (κ3) is 1.64. The van der Waals surface area contributed by atoms with Crippen LogP contribution in [0.5, 0.6) is 0 Å². The highest BCUT2D eigenvalue weighted by Crippen LogP contribution is 2.16. The van der Waals surface area contributed by atoms with Gasteiger partial charge in [0.05, 0.1) is 11.0 Å². The smallest absolute Gasteiger partial charge is 0.105 e. The van der Waals surface area contributed by atoms with Gasteiger partial charge < -0.3 is 10.3 Å². The molecule has 70 valence electrons. The Morgan fingerprint density at radius 3 is 2.69 bits per heavy atom. The summed E-state index contributed by atoms with van der Waals surface area (Å²) in [6, 6.07) is 5.77. The minimum atomic E-state index is 0.749. The monoisotopic (exact) mass is 177 g/mol. The molecule has 0 aliphatic carbocycles. The average molecular weight is 177 g/mol. The molecular formula is C10H15N3. The lowest BCUT2D eigenvalue weighted by Gasteiger charge is -1.95. The Kier molecular flexibility index (Phi) is 2.90. The second kappa shape index (κ2) is 3.94. The molecule has 3 nitrogen and oxygen atoms in total. The summed E-state index contributed by atoms with van der Waals surface area (Å²) >= 11 is 0. The van der Waals surface area contributed by atoms with E-state index in [1.54, 1.807) is 6.20 Å².